The van der Waals surface area contributed by atoms with E-state index in [0.29, 0.717) is 18.9 Å². The minimum Gasteiger partial charge on any atom is -0.504 e. The first-order chi connectivity index (χ1) is 9.06. The van der Waals surface area contributed by atoms with Crippen molar-refractivity contribution >= 4 is 11.7 Å². The smallest absolute Gasteiger partial charge is 0.225 e. The zero-order valence-electron chi connectivity index (χ0n) is 11.6. The van der Waals surface area contributed by atoms with E-state index >= 15 is 0 Å². The van der Waals surface area contributed by atoms with E-state index in [0.717, 1.165) is 25.0 Å². The maximum absolute atomic E-state index is 11.8. The van der Waals surface area contributed by atoms with E-state index in [1.54, 1.807) is 6.07 Å². The highest BCUT2D eigenvalue weighted by molar-refractivity contribution is 5.90. The van der Waals surface area contributed by atoms with E-state index in [1.807, 2.05) is 6.92 Å². The Kier molecular flexibility index (Phi) is 6.29. The van der Waals surface area contributed by atoms with E-state index in [1.165, 1.54) is 6.07 Å². The molecule has 19 heavy (non-hydrogen) atoms. The largest absolute Gasteiger partial charge is 0.504 e. The van der Waals surface area contributed by atoms with Crippen LogP contribution in [0.3, 0.4) is 0 Å². The lowest BCUT2D eigenvalue weighted by atomic mass is 9.96. The molecule has 5 heteroatoms. The van der Waals surface area contributed by atoms with Crippen LogP contribution in [0.5, 0.6) is 5.75 Å². The van der Waals surface area contributed by atoms with E-state index in [4.69, 9.17) is 5.73 Å². The lowest BCUT2D eigenvalue weighted by Crippen LogP contribution is -2.16. The lowest BCUT2D eigenvalue weighted by Gasteiger charge is -2.13. The molecule has 0 aliphatic carbocycles. The third-order valence-corrected chi connectivity index (χ3v) is 3.20. The van der Waals surface area contributed by atoms with Crippen molar-refractivity contribution in [1.29, 1.82) is 0 Å². The molecule has 1 aromatic heterocycles. The van der Waals surface area contributed by atoms with Gasteiger partial charge in [0.15, 0.2) is 11.6 Å². The van der Waals surface area contributed by atoms with Gasteiger partial charge in [0.2, 0.25) is 5.91 Å². The number of aryl methyl sites for hydroxylation is 1. The molecule has 0 bridgehead atoms. The van der Waals surface area contributed by atoms with Crippen molar-refractivity contribution in [3.8, 4) is 5.75 Å². The van der Waals surface area contributed by atoms with Gasteiger partial charge in [0.05, 0.1) is 0 Å². The molecule has 0 spiro atoms. The van der Waals surface area contributed by atoms with Gasteiger partial charge in [-0.05, 0) is 44.4 Å². The van der Waals surface area contributed by atoms with E-state index in [2.05, 4.69) is 17.2 Å². The summed E-state index contributed by atoms with van der Waals surface area (Å²) in [5, 5.41) is 12.2. The van der Waals surface area contributed by atoms with Gasteiger partial charge < -0.3 is 16.2 Å². The summed E-state index contributed by atoms with van der Waals surface area (Å²) in [4.78, 5) is 15.9. The summed E-state index contributed by atoms with van der Waals surface area (Å²) >= 11 is 0. The summed E-state index contributed by atoms with van der Waals surface area (Å²) in [7, 11) is 0. The Bertz CT molecular complexity index is 421. The van der Waals surface area contributed by atoms with Crippen LogP contribution in [0.1, 0.15) is 38.3 Å². The zero-order valence-corrected chi connectivity index (χ0v) is 11.6. The van der Waals surface area contributed by atoms with Crippen LogP contribution in [0, 0.1) is 12.8 Å². The molecule has 4 N–H and O–H groups in total. The number of pyridine rings is 1. The van der Waals surface area contributed by atoms with E-state index in [9.17, 15) is 9.90 Å². The molecule has 5 nitrogen and oxygen atoms in total. The Balaban J connectivity index is 2.48. The van der Waals surface area contributed by atoms with Gasteiger partial charge in [-0.15, -0.1) is 0 Å². The second-order valence-electron chi connectivity index (χ2n) is 4.76. The predicted molar refractivity (Wildman–Crippen MR) is 76.0 cm³/mol. The number of aromatic nitrogens is 1. The second-order valence-corrected chi connectivity index (χ2v) is 4.76. The predicted octanol–water partition coefficient (Wildman–Crippen LogP) is 2.19. The third kappa shape index (κ3) is 5.26. The number of aromatic hydroxyl groups is 1. The highest BCUT2D eigenvalue weighted by Gasteiger charge is 2.11. The van der Waals surface area contributed by atoms with Crippen LogP contribution in [-0.4, -0.2) is 22.5 Å². The topological polar surface area (TPSA) is 88.2 Å². The fourth-order valence-electron chi connectivity index (χ4n) is 1.96. The molecule has 1 amide bonds. The SMILES string of the molecule is CCC(CCN)CCC(=O)Nc1nc(C)ccc1O. The first-order valence-corrected chi connectivity index (χ1v) is 6.73. The molecule has 1 atom stereocenters. The van der Waals surface area contributed by atoms with Crippen LogP contribution in [0.2, 0.25) is 0 Å². The Hall–Kier alpha value is -1.62. The Labute approximate surface area is 114 Å². The summed E-state index contributed by atoms with van der Waals surface area (Å²) in [5.74, 6) is 0.587. The molecule has 0 saturated carbocycles. The molecule has 0 aliphatic rings. The maximum Gasteiger partial charge on any atom is 0.225 e. The van der Waals surface area contributed by atoms with Crippen LogP contribution in [0.4, 0.5) is 5.82 Å². The number of hydrogen-bond acceptors (Lipinski definition) is 4. The molecule has 0 aliphatic heterocycles. The molecule has 1 aromatic rings. The van der Waals surface area contributed by atoms with Crippen LogP contribution < -0.4 is 11.1 Å². The minimum atomic E-state index is -0.121. The van der Waals surface area contributed by atoms with Gasteiger partial charge in [0.1, 0.15) is 0 Å². The number of nitrogens with zero attached hydrogens (tertiary/aromatic N) is 1. The van der Waals surface area contributed by atoms with E-state index in [-0.39, 0.29) is 17.5 Å². The summed E-state index contributed by atoms with van der Waals surface area (Å²) in [6.07, 6.45) is 3.20. The Morgan fingerprint density at radius 3 is 2.84 bits per heavy atom. The molecule has 1 heterocycles. The average molecular weight is 265 g/mol. The molecule has 1 unspecified atom stereocenters. The van der Waals surface area contributed by atoms with Crippen molar-refractivity contribution in [2.24, 2.45) is 11.7 Å². The molecule has 106 valence electrons. The number of nitrogens with two attached hydrogens (primary N) is 1. The van der Waals surface area contributed by atoms with Crippen LogP contribution in [0.15, 0.2) is 12.1 Å². The van der Waals surface area contributed by atoms with Crippen molar-refractivity contribution < 1.29 is 9.90 Å². The zero-order chi connectivity index (χ0) is 14.3. The van der Waals surface area contributed by atoms with Gasteiger partial charge >= 0.3 is 0 Å². The maximum atomic E-state index is 11.8. The molecular formula is C14H23N3O2. The van der Waals surface area contributed by atoms with Crippen LogP contribution in [-0.2, 0) is 4.79 Å². The Morgan fingerprint density at radius 1 is 1.47 bits per heavy atom. The minimum absolute atomic E-state index is 0.00653. The second kappa shape index (κ2) is 7.74. The van der Waals surface area contributed by atoms with Crippen molar-refractivity contribution in [3.05, 3.63) is 17.8 Å². The molecular weight excluding hydrogens is 242 g/mol. The number of nitrogens with one attached hydrogen (secondary N) is 1. The third-order valence-electron chi connectivity index (χ3n) is 3.20. The lowest BCUT2D eigenvalue weighted by molar-refractivity contribution is -0.116. The number of anilines is 1. The van der Waals surface area contributed by atoms with Crippen molar-refractivity contribution in [2.75, 3.05) is 11.9 Å². The van der Waals surface area contributed by atoms with Crippen LogP contribution in [0.25, 0.3) is 0 Å². The summed E-state index contributed by atoms with van der Waals surface area (Å²) in [5.41, 5.74) is 6.28. The van der Waals surface area contributed by atoms with Gasteiger partial charge in [-0.1, -0.05) is 13.3 Å². The summed E-state index contributed by atoms with van der Waals surface area (Å²) in [6, 6.07) is 3.22. The first-order valence-electron chi connectivity index (χ1n) is 6.73. The van der Waals surface area contributed by atoms with Crippen molar-refractivity contribution in [3.63, 3.8) is 0 Å². The highest BCUT2D eigenvalue weighted by atomic mass is 16.3. The number of amides is 1. The molecule has 1 rings (SSSR count). The monoisotopic (exact) mass is 265 g/mol. The number of carbonyl (C=O) groups is 1. The number of carbonyl (C=O) groups excluding carboxylic acids is 1. The standard InChI is InChI=1S/C14H23N3O2/c1-3-11(8-9-15)5-7-13(19)17-14-12(18)6-4-10(2)16-14/h4,6,11,18H,3,5,7-9,15H2,1-2H3,(H,16,17,19). The van der Waals surface area contributed by atoms with Gasteiger partial charge in [-0.3, -0.25) is 4.79 Å². The van der Waals surface area contributed by atoms with E-state index < -0.39 is 0 Å². The summed E-state index contributed by atoms with van der Waals surface area (Å²) < 4.78 is 0. The van der Waals surface area contributed by atoms with Crippen LogP contribution >= 0.6 is 0 Å². The van der Waals surface area contributed by atoms with Gasteiger partial charge in [0, 0.05) is 12.1 Å². The molecule has 0 fully saturated rings. The molecule has 0 aromatic carbocycles. The van der Waals surface area contributed by atoms with Gasteiger partial charge in [-0.2, -0.15) is 0 Å². The quantitative estimate of drug-likeness (QED) is 0.705. The fraction of sp³-hybridized carbons (Fsp3) is 0.571. The van der Waals surface area contributed by atoms with Gasteiger partial charge in [-0.25, -0.2) is 4.98 Å². The van der Waals surface area contributed by atoms with Gasteiger partial charge in [0.25, 0.3) is 0 Å². The highest BCUT2D eigenvalue weighted by Crippen LogP contribution is 2.21. The molecule has 0 radical (unpaired) electrons. The average Bonchev–Trinajstić information content (AvgIpc) is 2.39. The fourth-order valence-corrected chi connectivity index (χ4v) is 1.96. The van der Waals surface area contributed by atoms with Crippen molar-refractivity contribution in [1.82, 2.24) is 4.98 Å². The molecule has 0 saturated heterocycles. The van der Waals surface area contributed by atoms with Crippen molar-refractivity contribution in [2.45, 2.75) is 39.5 Å². The summed E-state index contributed by atoms with van der Waals surface area (Å²) in [6.45, 7) is 4.57. The number of hydrogen-bond donors (Lipinski definition) is 3. The number of rotatable bonds is 7. The normalized spacial score (nSPS) is 12.2. The Morgan fingerprint density at radius 2 is 2.21 bits per heavy atom. The first kappa shape index (κ1) is 15.4.